The second-order valence-electron chi connectivity index (χ2n) is 15.5. The van der Waals surface area contributed by atoms with Crippen LogP contribution in [-0.2, 0) is 32.7 Å². The molecule has 0 aliphatic carbocycles. The molecule has 2 bridgehead atoms. The number of carbonyl (C=O) groups is 2. The smallest absolute Gasteiger partial charge is 0.335 e. The van der Waals surface area contributed by atoms with Gasteiger partial charge < -0.3 is 42.8 Å². The Bertz CT molecular complexity index is 2410. The molecule has 1 fully saturated rings. The lowest BCUT2D eigenvalue weighted by atomic mass is 9.80. The van der Waals surface area contributed by atoms with Crippen molar-refractivity contribution in [2.45, 2.75) is 68.6 Å². The van der Waals surface area contributed by atoms with Gasteiger partial charge in [-0.2, -0.15) is 5.26 Å². The highest BCUT2D eigenvalue weighted by molar-refractivity contribution is 7.99. The second-order valence-corrected chi connectivity index (χ2v) is 16.6. The number of nitrogens with one attached hydrogen (secondary N) is 1. The predicted octanol–water partition coefficient (Wildman–Crippen LogP) is 5.28. The van der Waals surface area contributed by atoms with E-state index in [0.717, 1.165) is 22.1 Å². The van der Waals surface area contributed by atoms with Crippen molar-refractivity contribution >= 4 is 34.7 Å². The van der Waals surface area contributed by atoms with E-state index in [-0.39, 0.29) is 31.3 Å². The number of nitrogens with zero attached hydrogens (tertiary/aromatic N) is 3. The Kier molecular flexibility index (Phi) is 9.04. The van der Waals surface area contributed by atoms with E-state index in [4.69, 9.17) is 32.8 Å². The lowest BCUT2D eigenvalue weighted by Crippen LogP contribution is -2.59. The zero-order chi connectivity index (χ0) is 40.1. The zero-order valence-electron chi connectivity index (χ0n) is 32.8. The number of aryl methyl sites for hydroxylation is 1. The summed E-state index contributed by atoms with van der Waals surface area (Å²) in [5.74, 6) is 1.85. The molecule has 3 aromatic carbocycles. The average molecular weight is 797 g/mol. The Labute approximate surface area is 333 Å². The molecule has 7 heterocycles. The summed E-state index contributed by atoms with van der Waals surface area (Å²) in [6, 6.07) is 7.54. The highest BCUT2D eigenvalue weighted by atomic mass is 32.2. The summed E-state index contributed by atoms with van der Waals surface area (Å²) in [6.45, 7) is 5.29. The molecule has 6 aliphatic rings. The third-order valence-electron chi connectivity index (χ3n) is 12.2. The van der Waals surface area contributed by atoms with Crippen LogP contribution in [0.2, 0.25) is 0 Å². The molecule has 1 saturated heterocycles. The molecular formula is C42H44N4O10S. The van der Waals surface area contributed by atoms with E-state index in [1.165, 1.54) is 25.8 Å². The number of methoxy groups -OCH3 is 2. The van der Waals surface area contributed by atoms with Gasteiger partial charge in [0.1, 0.15) is 35.5 Å². The van der Waals surface area contributed by atoms with Crippen LogP contribution in [0.25, 0.3) is 11.0 Å². The number of likely N-dealkylation sites (N-methyl/N-ethyl adjacent to an activating group) is 1. The molecule has 0 radical (unpaired) electrons. The standard InChI is InChI=1S/C42H44N4O10S/c1-19-12-22-13-23(15-43)46-27-16-52-41(49)42(40-25(10-11-44-42)26-14-24(50-6)8-9-28(26)56-40)17-57-39(33(46)32(45(4)5)29(22)34(48)35(19)51-7)31-30(27)38-37(53-18-54-38)20(2)36(31)55-21(3)47/h8-9,12,14,23,27,32-33,39,44,48H,10-11,13,16-18H2,1-7H3/t23?,27-,32-,33+,39+,42+/m0/s1. The molecule has 4 aromatic rings. The Morgan fingerprint density at radius 1 is 1.09 bits per heavy atom. The van der Waals surface area contributed by atoms with Crippen LogP contribution < -0.4 is 29.0 Å². The van der Waals surface area contributed by atoms with Crippen LogP contribution in [0.3, 0.4) is 0 Å². The molecule has 14 nitrogen and oxygen atoms in total. The van der Waals surface area contributed by atoms with Crippen molar-refractivity contribution in [2.75, 3.05) is 54.0 Å². The lowest BCUT2D eigenvalue weighted by Gasteiger charge is -2.53. The monoisotopic (exact) mass is 796 g/mol. The molecule has 6 atom stereocenters. The van der Waals surface area contributed by atoms with E-state index in [1.807, 2.05) is 57.1 Å². The van der Waals surface area contributed by atoms with Gasteiger partial charge in [0.2, 0.25) is 6.79 Å². The van der Waals surface area contributed by atoms with Gasteiger partial charge in [0.15, 0.2) is 28.5 Å². The number of carbonyl (C=O) groups excluding carboxylic acids is 2. The molecule has 1 unspecified atom stereocenters. The summed E-state index contributed by atoms with van der Waals surface area (Å²) in [5, 5.41) is 27.0. The van der Waals surface area contributed by atoms with Crippen LogP contribution in [-0.4, -0.2) is 92.9 Å². The number of ether oxygens (including phenoxy) is 6. The van der Waals surface area contributed by atoms with Crippen molar-refractivity contribution in [2.24, 2.45) is 0 Å². The molecule has 1 spiro atoms. The van der Waals surface area contributed by atoms with Gasteiger partial charge in [0, 0.05) is 64.9 Å². The molecule has 10 rings (SSSR count). The SMILES string of the molecule is COc1ccc2oc3c(c2c1)CCN[C@]31CS[C@@H]2c3c(OC(C)=O)c(C)c4c(c3[C@H](COC1=O)N1C(C#N)Cc3cc(C)c(OC)c(O)c3[C@H](N(C)C)[C@H]21)OCO4. The third-order valence-corrected chi connectivity index (χ3v) is 13.7. The predicted molar refractivity (Wildman–Crippen MR) is 208 cm³/mol. The molecule has 57 heavy (non-hydrogen) atoms. The molecule has 1 aromatic heterocycles. The first kappa shape index (κ1) is 37.4. The van der Waals surface area contributed by atoms with Crippen molar-refractivity contribution in [3.8, 4) is 40.6 Å². The van der Waals surface area contributed by atoms with Crippen LogP contribution >= 0.6 is 11.8 Å². The van der Waals surface area contributed by atoms with Gasteiger partial charge >= 0.3 is 11.9 Å². The first-order valence-corrected chi connectivity index (χ1v) is 20.0. The van der Waals surface area contributed by atoms with E-state index in [1.54, 1.807) is 7.11 Å². The topological polar surface area (TPSA) is 165 Å². The van der Waals surface area contributed by atoms with Gasteiger partial charge in [-0.05, 0) is 63.7 Å². The number of phenols is 1. The van der Waals surface area contributed by atoms with Crippen LogP contribution in [0.5, 0.6) is 34.5 Å². The van der Waals surface area contributed by atoms with Crippen LogP contribution in [0.15, 0.2) is 28.7 Å². The van der Waals surface area contributed by atoms with E-state index in [2.05, 4.69) is 16.3 Å². The van der Waals surface area contributed by atoms with Crippen LogP contribution in [0.4, 0.5) is 0 Å². The Morgan fingerprint density at radius 3 is 2.60 bits per heavy atom. The van der Waals surface area contributed by atoms with Crippen molar-refractivity contribution in [3.05, 3.63) is 69.0 Å². The number of furan rings is 1. The number of hydrogen-bond donors (Lipinski definition) is 2. The quantitative estimate of drug-likeness (QED) is 0.202. The summed E-state index contributed by atoms with van der Waals surface area (Å²) in [4.78, 5) is 32.1. The fraction of sp³-hybridized carbons (Fsp3) is 0.452. The molecule has 0 amide bonds. The Balaban J connectivity index is 1.33. The number of phenolic OH excluding ortho intramolecular Hbond substituents is 1. The molecule has 15 heteroatoms. The summed E-state index contributed by atoms with van der Waals surface area (Å²) in [5.41, 5.74) is 4.21. The van der Waals surface area contributed by atoms with Crippen LogP contribution in [0.1, 0.15) is 69.0 Å². The molecule has 298 valence electrons. The maximum Gasteiger partial charge on any atom is 0.335 e. The number of thioether (sulfide) groups is 1. The lowest BCUT2D eigenvalue weighted by molar-refractivity contribution is -0.155. The minimum Gasteiger partial charge on any atom is -0.504 e. The largest absolute Gasteiger partial charge is 0.504 e. The number of aromatic hydroxyl groups is 1. The van der Waals surface area contributed by atoms with Gasteiger partial charge in [0.05, 0.1) is 37.6 Å². The van der Waals surface area contributed by atoms with Gasteiger partial charge in [-0.1, -0.05) is 6.07 Å². The first-order chi connectivity index (χ1) is 27.4. The summed E-state index contributed by atoms with van der Waals surface area (Å²) in [6.07, 6.45) is 0.880. The highest BCUT2D eigenvalue weighted by Gasteiger charge is 2.58. The number of rotatable bonds is 4. The minimum atomic E-state index is -1.41. The molecule has 0 saturated carbocycles. The second kappa shape index (κ2) is 13.8. The van der Waals surface area contributed by atoms with Gasteiger partial charge in [-0.25, -0.2) is 4.79 Å². The van der Waals surface area contributed by atoms with Gasteiger partial charge in [-0.15, -0.1) is 11.8 Å². The van der Waals surface area contributed by atoms with Crippen LogP contribution in [0, 0.1) is 25.2 Å². The van der Waals surface area contributed by atoms with Crippen molar-refractivity contribution in [1.82, 2.24) is 15.1 Å². The normalized spacial score (nSPS) is 26.2. The van der Waals surface area contributed by atoms with Gasteiger partial charge in [0.25, 0.3) is 0 Å². The summed E-state index contributed by atoms with van der Waals surface area (Å²) >= 11 is 1.48. The maximum atomic E-state index is 14.9. The number of benzene rings is 3. The Morgan fingerprint density at radius 2 is 1.88 bits per heavy atom. The highest BCUT2D eigenvalue weighted by Crippen LogP contribution is 2.63. The van der Waals surface area contributed by atoms with Crippen molar-refractivity contribution in [3.63, 3.8) is 0 Å². The number of nitriles is 1. The zero-order valence-corrected chi connectivity index (χ0v) is 33.6. The Hall–Kier alpha value is -5.14. The number of esters is 2. The summed E-state index contributed by atoms with van der Waals surface area (Å²) < 4.78 is 42.9. The van der Waals surface area contributed by atoms with E-state index in [9.17, 15) is 20.0 Å². The number of fused-ring (bicyclic) bond motifs is 8. The first-order valence-electron chi connectivity index (χ1n) is 18.9. The fourth-order valence-electron chi connectivity index (χ4n) is 9.93. The van der Waals surface area contributed by atoms with E-state index >= 15 is 0 Å². The number of hydrogen-bond acceptors (Lipinski definition) is 15. The van der Waals surface area contributed by atoms with Crippen molar-refractivity contribution < 1.29 is 47.5 Å². The maximum absolute atomic E-state index is 14.9. The summed E-state index contributed by atoms with van der Waals surface area (Å²) in [7, 11) is 7.03. The van der Waals surface area contributed by atoms with E-state index < -0.39 is 46.9 Å². The minimum absolute atomic E-state index is 0.00389. The van der Waals surface area contributed by atoms with Gasteiger partial charge in [-0.3, -0.25) is 15.0 Å². The third kappa shape index (κ3) is 5.41. The molecule has 2 N–H and O–H groups in total. The van der Waals surface area contributed by atoms with E-state index in [0.29, 0.717) is 75.3 Å². The average Bonchev–Trinajstić information content (AvgIpc) is 3.80. The fourth-order valence-corrected chi connectivity index (χ4v) is 11.6. The van der Waals surface area contributed by atoms with Crippen molar-refractivity contribution in [1.29, 1.82) is 5.26 Å². The molecular weight excluding hydrogens is 753 g/mol. The molecule has 6 aliphatic heterocycles.